The van der Waals surface area contributed by atoms with Crippen LogP contribution >= 0.6 is 0 Å². The Morgan fingerprint density at radius 1 is 1.25 bits per heavy atom. The lowest BCUT2D eigenvalue weighted by Crippen LogP contribution is -2.58. The summed E-state index contributed by atoms with van der Waals surface area (Å²) in [4.78, 5) is 41.8. The van der Waals surface area contributed by atoms with Gasteiger partial charge in [0.05, 0.1) is 12.8 Å². The van der Waals surface area contributed by atoms with Crippen LogP contribution in [0.5, 0.6) is 0 Å². The van der Waals surface area contributed by atoms with Crippen molar-refractivity contribution in [2.45, 2.75) is 13.5 Å². The molecule has 4 amide bonds. The number of furan rings is 1. The maximum absolute atomic E-state index is 12.0. The molecule has 0 bridgehead atoms. The normalized spacial score (nSPS) is 18.1. The fourth-order valence-electron chi connectivity index (χ4n) is 1.96. The van der Waals surface area contributed by atoms with E-state index in [2.05, 4.69) is 4.99 Å². The lowest BCUT2D eigenvalue weighted by atomic mass is 9.99. The van der Waals surface area contributed by atoms with Crippen LogP contribution in [0.1, 0.15) is 12.7 Å². The summed E-state index contributed by atoms with van der Waals surface area (Å²) in [7, 11) is 2.70. The lowest BCUT2D eigenvalue weighted by molar-refractivity contribution is -0.144. The van der Waals surface area contributed by atoms with Gasteiger partial charge < -0.3 is 4.42 Å². The number of carbonyl (C=O) groups is 3. The van der Waals surface area contributed by atoms with Gasteiger partial charge in [-0.2, -0.15) is 0 Å². The first kappa shape index (κ1) is 14.0. The molecule has 1 aliphatic heterocycles. The largest absolute Gasteiger partial charge is 0.467 e. The third kappa shape index (κ3) is 2.34. The second-order valence-electron chi connectivity index (χ2n) is 4.55. The van der Waals surface area contributed by atoms with Crippen molar-refractivity contribution in [1.82, 2.24) is 9.80 Å². The van der Waals surface area contributed by atoms with Crippen LogP contribution in [-0.4, -0.2) is 47.5 Å². The van der Waals surface area contributed by atoms with Crippen LogP contribution in [0.25, 0.3) is 0 Å². The number of aliphatic imine (C=N–C) groups is 1. The lowest BCUT2D eigenvalue weighted by Gasteiger charge is -2.32. The third-order valence-corrected chi connectivity index (χ3v) is 3.21. The molecule has 0 N–H and O–H groups in total. The number of carbonyl (C=O) groups excluding carboxylic acids is 3. The van der Waals surface area contributed by atoms with Gasteiger partial charge in [0, 0.05) is 19.8 Å². The van der Waals surface area contributed by atoms with Gasteiger partial charge in [0.25, 0.3) is 0 Å². The minimum atomic E-state index is -1.04. The van der Waals surface area contributed by atoms with Gasteiger partial charge in [-0.15, -0.1) is 0 Å². The molecule has 0 atom stereocenters. The number of urea groups is 1. The average Bonchev–Trinajstić information content (AvgIpc) is 2.94. The molecule has 7 nitrogen and oxygen atoms in total. The molecule has 0 aliphatic carbocycles. The first-order chi connectivity index (χ1) is 9.43. The molecule has 0 unspecified atom stereocenters. The number of imide groups is 2. The molecule has 2 heterocycles. The summed E-state index contributed by atoms with van der Waals surface area (Å²) in [5.41, 5.74) is 0.364. The Balaban J connectivity index is 2.21. The van der Waals surface area contributed by atoms with E-state index >= 15 is 0 Å². The van der Waals surface area contributed by atoms with E-state index in [1.807, 2.05) is 0 Å². The van der Waals surface area contributed by atoms with Gasteiger partial charge in [-0.1, -0.05) is 0 Å². The molecular formula is C13H15N3O4. The summed E-state index contributed by atoms with van der Waals surface area (Å²) in [6, 6.07) is 2.86. The number of hydrogen-bond donors (Lipinski definition) is 0. The molecule has 1 aromatic rings. The third-order valence-electron chi connectivity index (χ3n) is 3.21. The molecule has 1 aromatic heterocycles. The highest BCUT2D eigenvalue weighted by Crippen LogP contribution is 2.17. The zero-order valence-corrected chi connectivity index (χ0v) is 11.5. The number of barbiturate groups is 1. The summed E-state index contributed by atoms with van der Waals surface area (Å²) in [5.74, 6) is -1.52. The molecule has 1 fully saturated rings. The SMILES string of the molecule is CC(=NCc1ccco1)C1C(=O)N(C)C(=O)N(C)C1=O. The summed E-state index contributed by atoms with van der Waals surface area (Å²) >= 11 is 0. The molecule has 106 valence electrons. The minimum Gasteiger partial charge on any atom is -0.467 e. The highest BCUT2D eigenvalue weighted by atomic mass is 16.3. The van der Waals surface area contributed by atoms with E-state index < -0.39 is 23.8 Å². The van der Waals surface area contributed by atoms with Gasteiger partial charge in [-0.05, 0) is 19.1 Å². The van der Waals surface area contributed by atoms with Crippen molar-refractivity contribution in [3.8, 4) is 0 Å². The molecular weight excluding hydrogens is 262 g/mol. The van der Waals surface area contributed by atoms with Crippen LogP contribution in [0, 0.1) is 5.92 Å². The predicted octanol–water partition coefficient (Wildman–Crippen LogP) is 0.907. The zero-order chi connectivity index (χ0) is 14.9. The molecule has 1 aliphatic rings. The van der Waals surface area contributed by atoms with Gasteiger partial charge in [-0.3, -0.25) is 24.4 Å². The van der Waals surface area contributed by atoms with Crippen molar-refractivity contribution in [2.75, 3.05) is 14.1 Å². The highest BCUT2D eigenvalue weighted by Gasteiger charge is 2.43. The Labute approximate surface area is 115 Å². The fourth-order valence-corrected chi connectivity index (χ4v) is 1.96. The second kappa shape index (κ2) is 5.28. The summed E-state index contributed by atoms with van der Waals surface area (Å²) in [6.45, 7) is 1.85. The van der Waals surface area contributed by atoms with Gasteiger partial charge in [-0.25, -0.2) is 4.79 Å². The van der Waals surface area contributed by atoms with Crippen molar-refractivity contribution < 1.29 is 18.8 Å². The first-order valence-corrected chi connectivity index (χ1v) is 6.06. The van der Waals surface area contributed by atoms with Crippen LogP contribution < -0.4 is 0 Å². The number of rotatable bonds is 3. The van der Waals surface area contributed by atoms with Crippen LogP contribution in [0.3, 0.4) is 0 Å². The van der Waals surface area contributed by atoms with Crippen LogP contribution in [0.15, 0.2) is 27.8 Å². The quantitative estimate of drug-likeness (QED) is 0.607. The molecule has 0 aromatic carbocycles. The molecule has 1 saturated heterocycles. The van der Waals surface area contributed by atoms with Crippen LogP contribution in [-0.2, 0) is 16.1 Å². The first-order valence-electron chi connectivity index (χ1n) is 6.06. The molecule has 7 heteroatoms. The van der Waals surface area contributed by atoms with Gasteiger partial charge in [0.1, 0.15) is 5.76 Å². The van der Waals surface area contributed by atoms with E-state index in [4.69, 9.17) is 4.42 Å². The van der Waals surface area contributed by atoms with E-state index in [1.165, 1.54) is 20.4 Å². The van der Waals surface area contributed by atoms with E-state index in [-0.39, 0.29) is 6.54 Å². The van der Waals surface area contributed by atoms with Gasteiger partial charge in [0.15, 0.2) is 5.92 Å². The molecule has 0 spiro atoms. The Kier molecular flexibility index (Phi) is 3.69. The number of amides is 4. The Morgan fingerprint density at radius 3 is 2.35 bits per heavy atom. The second-order valence-corrected chi connectivity index (χ2v) is 4.55. The van der Waals surface area contributed by atoms with E-state index in [9.17, 15) is 14.4 Å². The summed E-state index contributed by atoms with van der Waals surface area (Å²) in [5, 5.41) is 0. The fraction of sp³-hybridized carbons (Fsp3) is 0.385. The maximum atomic E-state index is 12.0. The monoisotopic (exact) mass is 277 g/mol. The molecule has 0 radical (unpaired) electrons. The topological polar surface area (TPSA) is 83.2 Å². The molecule has 20 heavy (non-hydrogen) atoms. The van der Waals surface area contributed by atoms with Crippen molar-refractivity contribution in [3.05, 3.63) is 24.2 Å². The Hall–Kier alpha value is -2.44. The van der Waals surface area contributed by atoms with Crippen molar-refractivity contribution in [3.63, 3.8) is 0 Å². The standard InChI is InChI=1S/C13H15N3O4/c1-8(14-7-9-5-4-6-20-9)10-11(17)15(2)13(19)16(3)12(10)18/h4-6,10H,7H2,1-3H3. The number of nitrogens with zero attached hydrogens (tertiary/aromatic N) is 3. The summed E-state index contributed by atoms with van der Waals surface area (Å²) < 4.78 is 5.13. The Bertz CT molecular complexity index is 552. The van der Waals surface area contributed by atoms with Crippen molar-refractivity contribution in [1.29, 1.82) is 0 Å². The molecule has 0 saturated carbocycles. The zero-order valence-electron chi connectivity index (χ0n) is 11.5. The summed E-state index contributed by atoms with van der Waals surface area (Å²) in [6.07, 6.45) is 1.53. The van der Waals surface area contributed by atoms with Crippen molar-refractivity contribution in [2.24, 2.45) is 10.9 Å². The highest BCUT2D eigenvalue weighted by molar-refractivity contribution is 6.26. The van der Waals surface area contributed by atoms with Crippen LogP contribution in [0.2, 0.25) is 0 Å². The maximum Gasteiger partial charge on any atom is 0.332 e. The minimum absolute atomic E-state index is 0.247. The van der Waals surface area contributed by atoms with Gasteiger partial charge >= 0.3 is 6.03 Å². The van der Waals surface area contributed by atoms with Crippen molar-refractivity contribution >= 4 is 23.6 Å². The van der Waals surface area contributed by atoms with Gasteiger partial charge in [0.2, 0.25) is 11.8 Å². The van der Waals surface area contributed by atoms with Crippen LogP contribution in [0.4, 0.5) is 4.79 Å². The average molecular weight is 277 g/mol. The predicted molar refractivity (Wildman–Crippen MR) is 69.9 cm³/mol. The Morgan fingerprint density at radius 2 is 1.85 bits per heavy atom. The smallest absolute Gasteiger partial charge is 0.332 e. The molecule has 2 rings (SSSR count). The van der Waals surface area contributed by atoms with E-state index in [1.54, 1.807) is 19.1 Å². The van der Waals surface area contributed by atoms with E-state index in [0.717, 1.165) is 9.80 Å². The number of hydrogen-bond acceptors (Lipinski definition) is 5. The van der Waals surface area contributed by atoms with E-state index in [0.29, 0.717) is 11.5 Å².